The van der Waals surface area contributed by atoms with Crippen LogP contribution in [0.1, 0.15) is 33.6 Å². The fraction of sp³-hybridized carbons (Fsp3) is 0.533. The van der Waals surface area contributed by atoms with Crippen molar-refractivity contribution in [1.29, 1.82) is 0 Å². The van der Waals surface area contributed by atoms with Gasteiger partial charge in [-0.3, -0.25) is 0 Å². The zero-order valence-corrected chi connectivity index (χ0v) is 12.7. The highest BCUT2D eigenvalue weighted by Gasteiger charge is 2.14. The van der Waals surface area contributed by atoms with Crippen LogP contribution in [0.2, 0.25) is 0 Å². The molecule has 3 nitrogen and oxygen atoms in total. The monoisotopic (exact) mass is 282 g/mol. The van der Waals surface area contributed by atoms with E-state index in [-0.39, 0.29) is 18.5 Å². The third kappa shape index (κ3) is 3.95. The molecule has 0 bridgehead atoms. The molecule has 0 spiro atoms. The minimum atomic E-state index is 0. The van der Waals surface area contributed by atoms with Crippen LogP contribution in [-0.2, 0) is 18.0 Å². The molecule has 0 N–H and O–H groups in total. The number of hydrogen-bond donors (Lipinski definition) is 0. The van der Waals surface area contributed by atoms with Gasteiger partial charge in [-0.15, -0.1) is 0 Å². The Morgan fingerprint density at radius 3 is 2.68 bits per heavy atom. The second-order valence-corrected chi connectivity index (χ2v) is 4.97. The van der Waals surface area contributed by atoms with E-state index in [1.165, 1.54) is 23.9 Å². The zero-order chi connectivity index (χ0) is 13.0. The number of halogens is 1. The van der Waals surface area contributed by atoms with Gasteiger partial charge in [0, 0.05) is 0 Å². The average molecular weight is 283 g/mol. The van der Waals surface area contributed by atoms with Crippen molar-refractivity contribution >= 4 is 11.0 Å². The molecular formula is C15H23ClN2O. The van der Waals surface area contributed by atoms with E-state index >= 15 is 0 Å². The number of aryl methyl sites for hydroxylation is 1. The van der Waals surface area contributed by atoms with Gasteiger partial charge in [-0.25, -0.2) is 9.13 Å². The number of benzene rings is 1. The number of aromatic nitrogens is 2. The number of hydrogen-bond acceptors (Lipinski definition) is 1. The third-order valence-corrected chi connectivity index (χ3v) is 3.08. The first kappa shape index (κ1) is 16.0. The fourth-order valence-electron chi connectivity index (χ4n) is 2.08. The molecule has 0 saturated carbocycles. The van der Waals surface area contributed by atoms with Crippen molar-refractivity contribution in [2.45, 2.75) is 53.0 Å². The summed E-state index contributed by atoms with van der Waals surface area (Å²) >= 11 is 0. The summed E-state index contributed by atoms with van der Waals surface area (Å²) in [4.78, 5) is 0. The maximum atomic E-state index is 5.70. The molecule has 0 aliphatic rings. The SMILES string of the molecule is CCCCn1c[n+](COC(C)C)c2ccccc21.[Cl-]. The Bertz CT molecular complexity index is 508. The quantitative estimate of drug-likeness (QED) is 0.688. The number of rotatable bonds is 6. The van der Waals surface area contributed by atoms with E-state index < -0.39 is 0 Å². The normalized spacial score (nSPS) is 10.9. The Hall–Kier alpha value is -1.06. The summed E-state index contributed by atoms with van der Waals surface area (Å²) in [5, 5.41) is 0. The molecule has 0 aliphatic heterocycles. The summed E-state index contributed by atoms with van der Waals surface area (Å²) in [6, 6.07) is 8.51. The van der Waals surface area contributed by atoms with Gasteiger partial charge in [0.05, 0.1) is 12.6 Å². The van der Waals surface area contributed by atoms with Crippen LogP contribution in [0.25, 0.3) is 11.0 Å². The number of ether oxygens (including phenoxy) is 1. The molecule has 1 aromatic heterocycles. The molecule has 4 heteroatoms. The number of fused-ring (bicyclic) bond motifs is 1. The van der Waals surface area contributed by atoms with E-state index in [4.69, 9.17) is 4.74 Å². The van der Waals surface area contributed by atoms with E-state index in [9.17, 15) is 0 Å². The minimum absolute atomic E-state index is 0. The van der Waals surface area contributed by atoms with E-state index in [0.29, 0.717) is 6.73 Å². The van der Waals surface area contributed by atoms with Crippen LogP contribution in [0.4, 0.5) is 0 Å². The maximum absolute atomic E-state index is 5.70. The standard InChI is InChI=1S/C15H23N2O.ClH/c1-4-5-10-16-11-17(12-18-13(2)3)15-9-7-6-8-14(15)16;/h6-9,11,13H,4-5,10,12H2,1-3H3;1H/q+1;/p-1. The second-order valence-electron chi connectivity index (χ2n) is 4.97. The van der Waals surface area contributed by atoms with Crippen molar-refractivity contribution < 1.29 is 21.7 Å². The molecule has 0 radical (unpaired) electrons. The van der Waals surface area contributed by atoms with Gasteiger partial charge >= 0.3 is 0 Å². The highest BCUT2D eigenvalue weighted by atomic mass is 35.5. The molecule has 0 atom stereocenters. The summed E-state index contributed by atoms with van der Waals surface area (Å²) < 4.78 is 10.2. The first-order chi connectivity index (χ1) is 8.72. The van der Waals surface area contributed by atoms with Crippen molar-refractivity contribution in [1.82, 2.24) is 4.57 Å². The Morgan fingerprint density at radius 1 is 1.26 bits per heavy atom. The molecule has 2 aromatic rings. The van der Waals surface area contributed by atoms with Crippen molar-refractivity contribution in [3.05, 3.63) is 30.6 Å². The highest BCUT2D eigenvalue weighted by Crippen LogP contribution is 2.11. The van der Waals surface area contributed by atoms with Gasteiger partial charge in [0.1, 0.15) is 0 Å². The summed E-state index contributed by atoms with van der Waals surface area (Å²) in [6.45, 7) is 8.05. The van der Waals surface area contributed by atoms with Gasteiger partial charge in [-0.05, 0) is 32.4 Å². The molecule has 1 aromatic carbocycles. The molecule has 0 saturated heterocycles. The Labute approximate surface area is 121 Å². The third-order valence-electron chi connectivity index (χ3n) is 3.08. The summed E-state index contributed by atoms with van der Waals surface area (Å²) in [6.07, 6.45) is 4.86. The van der Waals surface area contributed by atoms with Gasteiger partial charge in [0.15, 0.2) is 17.8 Å². The predicted octanol–water partition coefficient (Wildman–Crippen LogP) is 0.115. The summed E-state index contributed by atoms with van der Waals surface area (Å²) in [5.74, 6) is 0. The lowest BCUT2D eigenvalue weighted by Crippen LogP contribution is -3.00. The van der Waals surface area contributed by atoms with Crippen molar-refractivity contribution in [2.24, 2.45) is 0 Å². The van der Waals surface area contributed by atoms with E-state index in [2.05, 4.69) is 60.5 Å². The summed E-state index contributed by atoms with van der Waals surface area (Å²) in [7, 11) is 0. The van der Waals surface area contributed by atoms with Crippen molar-refractivity contribution in [3.63, 3.8) is 0 Å². The molecule has 1 heterocycles. The molecule has 0 aliphatic carbocycles. The topological polar surface area (TPSA) is 18.0 Å². The maximum Gasteiger partial charge on any atom is 0.246 e. The van der Waals surface area contributed by atoms with Crippen LogP contribution in [0.3, 0.4) is 0 Å². The van der Waals surface area contributed by atoms with Crippen LogP contribution in [-0.4, -0.2) is 10.7 Å². The lowest BCUT2D eigenvalue weighted by molar-refractivity contribution is -0.711. The predicted molar refractivity (Wildman–Crippen MR) is 73.3 cm³/mol. The van der Waals surface area contributed by atoms with Crippen LogP contribution in [0, 0.1) is 0 Å². The largest absolute Gasteiger partial charge is 1.00 e. The zero-order valence-electron chi connectivity index (χ0n) is 12.0. The number of nitrogens with zero attached hydrogens (tertiary/aromatic N) is 2. The molecule has 106 valence electrons. The van der Waals surface area contributed by atoms with Crippen LogP contribution in [0.15, 0.2) is 30.6 Å². The van der Waals surface area contributed by atoms with Gasteiger partial charge in [-0.2, -0.15) is 0 Å². The highest BCUT2D eigenvalue weighted by molar-refractivity contribution is 5.71. The van der Waals surface area contributed by atoms with Gasteiger partial charge < -0.3 is 17.1 Å². The molecule has 19 heavy (non-hydrogen) atoms. The Kier molecular flexibility index (Phi) is 6.32. The van der Waals surface area contributed by atoms with Crippen molar-refractivity contribution in [3.8, 4) is 0 Å². The van der Waals surface area contributed by atoms with Crippen LogP contribution >= 0.6 is 0 Å². The van der Waals surface area contributed by atoms with Crippen molar-refractivity contribution in [2.75, 3.05) is 0 Å². The first-order valence-corrected chi connectivity index (χ1v) is 6.81. The average Bonchev–Trinajstić information content (AvgIpc) is 2.72. The lowest BCUT2D eigenvalue weighted by Gasteiger charge is -2.04. The Balaban J connectivity index is 0.00000180. The van der Waals surface area contributed by atoms with E-state index in [0.717, 1.165) is 6.54 Å². The van der Waals surface area contributed by atoms with E-state index in [1.54, 1.807) is 0 Å². The second kappa shape index (κ2) is 7.51. The Morgan fingerprint density at radius 2 is 2.00 bits per heavy atom. The van der Waals surface area contributed by atoms with Gasteiger partial charge in [-0.1, -0.05) is 25.5 Å². The van der Waals surface area contributed by atoms with Gasteiger partial charge in [0.25, 0.3) is 0 Å². The minimum Gasteiger partial charge on any atom is -1.00 e. The first-order valence-electron chi connectivity index (χ1n) is 6.81. The fourth-order valence-corrected chi connectivity index (χ4v) is 2.08. The molecular weight excluding hydrogens is 260 g/mol. The lowest BCUT2D eigenvalue weighted by atomic mass is 10.3. The smallest absolute Gasteiger partial charge is 0.246 e. The van der Waals surface area contributed by atoms with Gasteiger partial charge in [0.2, 0.25) is 6.33 Å². The molecule has 2 rings (SSSR count). The number of imidazole rings is 1. The number of para-hydroxylation sites is 2. The number of unbranched alkanes of at least 4 members (excludes halogenated alkanes) is 1. The summed E-state index contributed by atoms with van der Waals surface area (Å²) in [5.41, 5.74) is 2.53. The molecule has 0 unspecified atom stereocenters. The van der Waals surface area contributed by atoms with E-state index in [1.807, 2.05) is 0 Å². The van der Waals surface area contributed by atoms with Crippen LogP contribution < -0.4 is 17.0 Å². The molecule has 0 fully saturated rings. The molecule has 0 amide bonds. The van der Waals surface area contributed by atoms with Crippen LogP contribution in [0.5, 0.6) is 0 Å².